The topological polar surface area (TPSA) is 91.0 Å². The fraction of sp³-hybridized carbons (Fsp3) is 0.348. The first-order valence-corrected chi connectivity index (χ1v) is 11.3. The molecule has 1 aromatic heterocycles. The van der Waals surface area contributed by atoms with Crippen molar-refractivity contribution in [1.29, 1.82) is 0 Å². The molecule has 3 aromatic rings. The van der Waals surface area contributed by atoms with Crippen LogP contribution in [0.5, 0.6) is 0 Å². The summed E-state index contributed by atoms with van der Waals surface area (Å²) < 4.78 is 29.1. The van der Waals surface area contributed by atoms with Crippen molar-refractivity contribution >= 4 is 33.9 Å². The van der Waals surface area contributed by atoms with Gasteiger partial charge in [0.05, 0.1) is 5.69 Å². The normalized spacial score (nSPS) is 15.5. The quantitative estimate of drug-likeness (QED) is 0.507. The molecule has 30 heavy (non-hydrogen) atoms. The Morgan fingerprint density at radius 2 is 1.90 bits per heavy atom. The second kappa shape index (κ2) is 9.02. The van der Waals surface area contributed by atoms with Crippen molar-refractivity contribution in [2.45, 2.75) is 51.0 Å². The van der Waals surface area contributed by atoms with Gasteiger partial charge in [-0.1, -0.05) is 30.3 Å². The summed E-state index contributed by atoms with van der Waals surface area (Å²) in [6.07, 6.45) is 5.63. The molecule has 0 aliphatic heterocycles. The number of furan rings is 1. The summed E-state index contributed by atoms with van der Waals surface area (Å²) in [5.74, 6) is -0.146. The highest BCUT2D eigenvalue weighted by Gasteiger charge is 2.30. The monoisotopic (exact) mass is 427 g/mol. The Labute approximate surface area is 177 Å². The molecule has 1 aliphatic rings. The lowest BCUT2D eigenvalue weighted by molar-refractivity contribution is -0.138. The second-order valence-electron chi connectivity index (χ2n) is 7.68. The minimum atomic E-state index is -2.47. The number of carbonyl (C=O) groups is 1. The van der Waals surface area contributed by atoms with Gasteiger partial charge in [-0.05, 0) is 56.2 Å². The van der Waals surface area contributed by atoms with E-state index in [0.29, 0.717) is 24.1 Å². The van der Waals surface area contributed by atoms with E-state index in [1.807, 2.05) is 36.4 Å². The first-order chi connectivity index (χ1) is 14.5. The summed E-state index contributed by atoms with van der Waals surface area (Å²) in [6, 6.07) is 14.0. The molecule has 7 heteroatoms. The number of fused-ring (bicyclic) bond motifs is 3. The van der Waals surface area contributed by atoms with E-state index in [9.17, 15) is 18.7 Å². The first-order valence-electron chi connectivity index (χ1n) is 10.3. The Hall–Kier alpha value is -2.64. The van der Waals surface area contributed by atoms with Gasteiger partial charge in [-0.25, -0.2) is 9.00 Å². The summed E-state index contributed by atoms with van der Waals surface area (Å²) >= 11 is -2.47. The molecule has 0 fully saturated rings. The lowest BCUT2D eigenvalue weighted by atomic mass is 9.96. The molecule has 0 saturated carbocycles. The Morgan fingerprint density at radius 3 is 2.63 bits per heavy atom. The zero-order valence-electron chi connectivity index (χ0n) is 16.6. The number of aliphatic carboxylic acids is 1. The van der Waals surface area contributed by atoms with Crippen LogP contribution in [0, 0.1) is 0 Å². The van der Waals surface area contributed by atoms with E-state index in [0.717, 1.165) is 46.7 Å². The van der Waals surface area contributed by atoms with Crippen molar-refractivity contribution in [1.82, 2.24) is 0 Å². The van der Waals surface area contributed by atoms with Crippen molar-refractivity contribution in [3.63, 3.8) is 0 Å². The molecule has 0 amide bonds. The Balaban J connectivity index is 1.59. The van der Waals surface area contributed by atoms with Crippen molar-refractivity contribution in [3.05, 3.63) is 65.4 Å². The van der Waals surface area contributed by atoms with Gasteiger partial charge in [-0.3, -0.25) is 8.86 Å². The predicted molar refractivity (Wildman–Crippen MR) is 117 cm³/mol. The second-order valence-corrected chi connectivity index (χ2v) is 8.53. The minimum absolute atomic E-state index is 0.253. The standard InChI is InChI=1S/C23H25NO5S/c25-23(26)20(11-6-9-16-7-2-1-3-8-16)24(30(27)28)17-13-14-19-18-10-4-5-12-21(18)29-22(19)15-17/h1-3,7-8,13-15,20H,4-6,9-12H2,(H,25,26)(H,27,28). The number of rotatable bonds is 8. The number of hydrogen-bond acceptors (Lipinski definition) is 3. The van der Waals surface area contributed by atoms with Crippen LogP contribution >= 0.6 is 0 Å². The Morgan fingerprint density at radius 1 is 1.13 bits per heavy atom. The highest BCUT2D eigenvalue weighted by atomic mass is 32.2. The smallest absolute Gasteiger partial charge is 0.327 e. The van der Waals surface area contributed by atoms with Gasteiger partial charge in [0.15, 0.2) is 0 Å². The molecule has 0 radical (unpaired) electrons. The maximum Gasteiger partial charge on any atom is 0.327 e. The predicted octanol–water partition coefficient (Wildman–Crippen LogP) is 4.73. The van der Waals surface area contributed by atoms with Gasteiger partial charge in [0.25, 0.3) is 11.3 Å². The van der Waals surface area contributed by atoms with E-state index in [-0.39, 0.29) is 6.42 Å². The molecule has 0 bridgehead atoms. The van der Waals surface area contributed by atoms with Crippen LogP contribution in [-0.2, 0) is 35.3 Å². The van der Waals surface area contributed by atoms with Crippen LogP contribution < -0.4 is 4.31 Å². The van der Waals surface area contributed by atoms with Gasteiger partial charge in [0, 0.05) is 23.4 Å². The largest absolute Gasteiger partial charge is 0.480 e. The van der Waals surface area contributed by atoms with Crippen LogP contribution in [0.3, 0.4) is 0 Å². The average Bonchev–Trinajstić information content (AvgIpc) is 3.11. The lowest BCUT2D eigenvalue weighted by Crippen LogP contribution is -2.42. The van der Waals surface area contributed by atoms with Crippen molar-refractivity contribution in [3.8, 4) is 0 Å². The maximum absolute atomic E-state index is 12.2. The first kappa shape index (κ1) is 20.6. The summed E-state index contributed by atoms with van der Waals surface area (Å²) in [5, 5.41) is 10.8. The molecular formula is C23H25NO5S. The molecule has 4 rings (SSSR count). The van der Waals surface area contributed by atoms with E-state index < -0.39 is 23.3 Å². The van der Waals surface area contributed by atoms with Gasteiger partial charge in [-0.2, -0.15) is 0 Å². The number of benzene rings is 2. The fourth-order valence-corrected chi connectivity index (χ4v) is 4.96. The van der Waals surface area contributed by atoms with Gasteiger partial charge < -0.3 is 9.52 Å². The van der Waals surface area contributed by atoms with E-state index in [1.165, 1.54) is 5.56 Å². The number of anilines is 1. The number of carboxylic acids is 1. The Bertz CT molecular complexity index is 1060. The molecule has 158 valence electrons. The zero-order valence-corrected chi connectivity index (χ0v) is 17.4. The molecule has 2 atom stereocenters. The summed E-state index contributed by atoms with van der Waals surface area (Å²) in [4.78, 5) is 12.0. The van der Waals surface area contributed by atoms with Crippen molar-refractivity contribution < 1.29 is 23.1 Å². The van der Waals surface area contributed by atoms with E-state index in [1.54, 1.807) is 12.1 Å². The van der Waals surface area contributed by atoms with Crippen LogP contribution in [0.25, 0.3) is 11.0 Å². The highest BCUT2D eigenvalue weighted by molar-refractivity contribution is 7.80. The molecule has 2 unspecified atom stereocenters. The number of aryl methyl sites for hydroxylation is 3. The van der Waals surface area contributed by atoms with Gasteiger partial charge in [-0.15, -0.1) is 0 Å². The van der Waals surface area contributed by atoms with Crippen LogP contribution in [-0.4, -0.2) is 25.9 Å². The average molecular weight is 428 g/mol. The lowest BCUT2D eigenvalue weighted by Gasteiger charge is -2.26. The molecule has 0 spiro atoms. The van der Waals surface area contributed by atoms with Crippen LogP contribution in [0.2, 0.25) is 0 Å². The molecule has 1 heterocycles. The van der Waals surface area contributed by atoms with E-state index in [2.05, 4.69) is 0 Å². The fourth-order valence-electron chi connectivity index (χ4n) is 4.25. The minimum Gasteiger partial charge on any atom is -0.480 e. The van der Waals surface area contributed by atoms with Crippen LogP contribution in [0.15, 0.2) is 52.9 Å². The summed E-state index contributed by atoms with van der Waals surface area (Å²) in [6.45, 7) is 0. The van der Waals surface area contributed by atoms with Crippen molar-refractivity contribution in [2.24, 2.45) is 0 Å². The number of carboxylic acid groups (broad SMARTS) is 1. The third-order valence-electron chi connectivity index (χ3n) is 5.72. The number of nitrogens with zero attached hydrogens (tertiary/aromatic N) is 1. The highest BCUT2D eigenvalue weighted by Crippen LogP contribution is 2.35. The molecule has 6 nitrogen and oxygen atoms in total. The third-order valence-corrected chi connectivity index (χ3v) is 6.52. The molecule has 0 saturated heterocycles. The zero-order chi connectivity index (χ0) is 21.1. The van der Waals surface area contributed by atoms with E-state index >= 15 is 0 Å². The maximum atomic E-state index is 12.2. The summed E-state index contributed by atoms with van der Waals surface area (Å²) in [5.41, 5.74) is 3.34. The van der Waals surface area contributed by atoms with Gasteiger partial charge in [0.2, 0.25) is 0 Å². The molecule has 2 N–H and O–H groups in total. The molecule has 1 aliphatic carbocycles. The van der Waals surface area contributed by atoms with Crippen molar-refractivity contribution in [2.75, 3.05) is 4.31 Å². The van der Waals surface area contributed by atoms with E-state index in [4.69, 9.17) is 4.42 Å². The van der Waals surface area contributed by atoms with Gasteiger partial charge in [0.1, 0.15) is 17.4 Å². The number of hydrogen-bond donors (Lipinski definition) is 2. The Kier molecular flexibility index (Phi) is 6.20. The molecular weight excluding hydrogens is 402 g/mol. The van der Waals surface area contributed by atoms with Crippen LogP contribution in [0.4, 0.5) is 5.69 Å². The SMILES string of the molecule is O=C(O)C(CCCc1ccccc1)N(c1ccc2c3c(oc2c1)CCCC3)S(=O)O. The van der Waals surface area contributed by atoms with Crippen LogP contribution in [0.1, 0.15) is 42.6 Å². The van der Waals surface area contributed by atoms with Gasteiger partial charge >= 0.3 is 5.97 Å². The molecule has 2 aromatic carbocycles. The summed E-state index contributed by atoms with van der Waals surface area (Å²) in [7, 11) is 0. The third kappa shape index (κ3) is 4.27.